The van der Waals surface area contributed by atoms with E-state index in [-0.39, 0.29) is 24.0 Å². The van der Waals surface area contributed by atoms with E-state index in [2.05, 4.69) is 35.9 Å². The van der Waals surface area contributed by atoms with E-state index in [0.29, 0.717) is 11.9 Å². The number of hydrogen-bond acceptors (Lipinski definition) is 2. The molecule has 2 N–H and O–H groups in total. The summed E-state index contributed by atoms with van der Waals surface area (Å²) in [4.78, 5) is 6.82. The van der Waals surface area contributed by atoms with Crippen LogP contribution in [0.15, 0.2) is 29.3 Å². The zero-order valence-corrected chi connectivity index (χ0v) is 16.8. The first-order valence-electron chi connectivity index (χ1n) is 8.26. The number of piperidine rings is 1. The van der Waals surface area contributed by atoms with Crippen molar-refractivity contribution in [1.29, 1.82) is 0 Å². The average Bonchev–Trinajstić information content (AvgIpc) is 2.54. The smallest absolute Gasteiger partial charge is 0.191 e. The van der Waals surface area contributed by atoms with Crippen molar-refractivity contribution in [2.45, 2.75) is 33.1 Å². The number of ether oxygens (including phenoxy) is 1. The normalized spacial score (nSPS) is 17.5. The largest absolute Gasteiger partial charge is 0.497 e. The van der Waals surface area contributed by atoms with E-state index in [1.807, 2.05) is 12.1 Å². The highest BCUT2D eigenvalue weighted by Gasteiger charge is 2.17. The summed E-state index contributed by atoms with van der Waals surface area (Å²) in [7, 11) is 1.69. The fraction of sp³-hybridized carbons (Fsp3) is 0.611. The Kier molecular flexibility index (Phi) is 8.73. The Morgan fingerprint density at radius 2 is 1.91 bits per heavy atom. The first kappa shape index (κ1) is 20.1. The van der Waals surface area contributed by atoms with Crippen LogP contribution in [0.2, 0.25) is 0 Å². The summed E-state index contributed by atoms with van der Waals surface area (Å²) in [6.45, 7) is 7.40. The summed E-state index contributed by atoms with van der Waals surface area (Å²) < 4.78 is 5.18. The fourth-order valence-corrected chi connectivity index (χ4v) is 2.82. The highest BCUT2D eigenvalue weighted by Crippen LogP contribution is 2.17. The van der Waals surface area contributed by atoms with Crippen LogP contribution in [0.1, 0.15) is 32.3 Å². The van der Waals surface area contributed by atoms with Crippen molar-refractivity contribution in [1.82, 2.24) is 4.90 Å². The van der Waals surface area contributed by atoms with Crippen LogP contribution in [0.5, 0.6) is 5.75 Å². The fourth-order valence-electron chi connectivity index (χ4n) is 2.82. The minimum absolute atomic E-state index is 0. The molecule has 0 amide bonds. The number of hydrogen-bond donors (Lipinski definition) is 1. The lowest BCUT2D eigenvalue weighted by molar-refractivity contribution is 0.277. The third kappa shape index (κ3) is 6.57. The van der Waals surface area contributed by atoms with Gasteiger partial charge in [0.15, 0.2) is 5.96 Å². The Hall–Kier alpha value is -0.980. The first-order valence-corrected chi connectivity index (χ1v) is 8.26. The van der Waals surface area contributed by atoms with Crippen molar-refractivity contribution in [2.24, 2.45) is 22.6 Å². The molecule has 0 aliphatic carbocycles. The topological polar surface area (TPSA) is 50.9 Å². The number of likely N-dealkylation sites (tertiary alicyclic amines) is 1. The molecule has 1 aromatic rings. The van der Waals surface area contributed by atoms with Crippen LogP contribution >= 0.6 is 24.0 Å². The molecular formula is C18H30IN3O. The van der Waals surface area contributed by atoms with E-state index in [0.717, 1.165) is 37.7 Å². The Bertz CT molecular complexity index is 482. The van der Waals surface area contributed by atoms with Gasteiger partial charge in [0.05, 0.1) is 7.11 Å². The number of guanidine groups is 1. The molecule has 4 nitrogen and oxygen atoms in total. The van der Waals surface area contributed by atoms with Crippen molar-refractivity contribution in [3.63, 3.8) is 0 Å². The molecule has 1 aliphatic rings. The summed E-state index contributed by atoms with van der Waals surface area (Å²) >= 11 is 0. The Labute approximate surface area is 157 Å². The highest BCUT2D eigenvalue weighted by molar-refractivity contribution is 14.0. The zero-order valence-electron chi connectivity index (χ0n) is 14.5. The third-order valence-corrected chi connectivity index (χ3v) is 4.42. The van der Waals surface area contributed by atoms with E-state index in [1.165, 1.54) is 18.4 Å². The van der Waals surface area contributed by atoms with Gasteiger partial charge in [-0.3, -0.25) is 4.99 Å². The molecular weight excluding hydrogens is 401 g/mol. The minimum atomic E-state index is 0. The summed E-state index contributed by atoms with van der Waals surface area (Å²) in [6.07, 6.45) is 3.45. The number of nitrogens with two attached hydrogens (primary N) is 1. The molecule has 1 unspecified atom stereocenters. The zero-order chi connectivity index (χ0) is 15.9. The van der Waals surface area contributed by atoms with E-state index in [9.17, 15) is 0 Å². The van der Waals surface area contributed by atoms with Gasteiger partial charge in [-0.15, -0.1) is 24.0 Å². The van der Waals surface area contributed by atoms with Gasteiger partial charge in [-0.2, -0.15) is 0 Å². The maximum absolute atomic E-state index is 6.13. The Morgan fingerprint density at radius 1 is 1.30 bits per heavy atom. The van der Waals surface area contributed by atoms with Crippen molar-refractivity contribution in [2.75, 3.05) is 26.7 Å². The Morgan fingerprint density at radius 3 is 2.48 bits per heavy atom. The van der Waals surface area contributed by atoms with Gasteiger partial charge in [-0.1, -0.05) is 26.0 Å². The summed E-state index contributed by atoms with van der Waals surface area (Å²) in [5, 5.41) is 0. The molecule has 23 heavy (non-hydrogen) atoms. The maximum atomic E-state index is 6.13. The van der Waals surface area contributed by atoms with Gasteiger partial charge in [0.1, 0.15) is 5.75 Å². The molecule has 0 bridgehead atoms. The van der Waals surface area contributed by atoms with Gasteiger partial charge in [0.25, 0.3) is 0 Å². The molecule has 0 aromatic heterocycles. The van der Waals surface area contributed by atoms with Gasteiger partial charge in [0.2, 0.25) is 0 Å². The SMILES string of the molecule is COc1ccc(CC(C)CN=C(N)N2CCC(C)CC2)cc1.I. The van der Waals surface area contributed by atoms with Gasteiger partial charge in [-0.25, -0.2) is 0 Å². The van der Waals surface area contributed by atoms with Crippen LogP contribution < -0.4 is 10.5 Å². The van der Waals surface area contributed by atoms with Crippen molar-refractivity contribution < 1.29 is 4.74 Å². The number of methoxy groups -OCH3 is 1. The van der Waals surface area contributed by atoms with Crippen molar-refractivity contribution >= 4 is 29.9 Å². The second-order valence-corrected chi connectivity index (χ2v) is 6.53. The lowest BCUT2D eigenvalue weighted by Crippen LogP contribution is -2.42. The molecule has 1 aromatic carbocycles. The standard InChI is InChI=1S/C18H29N3O.HI/c1-14-8-10-21(11-9-14)18(19)20-13-15(2)12-16-4-6-17(22-3)7-5-16;/h4-7,14-15H,8-13H2,1-3H3,(H2,19,20);1H. The number of nitrogens with zero attached hydrogens (tertiary/aromatic N) is 2. The predicted molar refractivity (Wildman–Crippen MR) is 108 cm³/mol. The number of rotatable bonds is 5. The Balaban J connectivity index is 0.00000264. The highest BCUT2D eigenvalue weighted by atomic mass is 127. The van der Waals surface area contributed by atoms with Gasteiger partial charge in [-0.05, 0) is 48.8 Å². The molecule has 0 saturated carbocycles. The molecule has 1 atom stereocenters. The quantitative estimate of drug-likeness (QED) is 0.441. The van der Waals surface area contributed by atoms with Gasteiger partial charge in [0, 0.05) is 19.6 Å². The molecule has 130 valence electrons. The first-order chi connectivity index (χ1) is 10.6. The van der Waals surface area contributed by atoms with Crippen LogP contribution in [0, 0.1) is 11.8 Å². The van der Waals surface area contributed by atoms with Crippen LogP contribution in [0.4, 0.5) is 0 Å². The molecule has 5 heteroatoms. The van der Waals surface area contributed by atoms with E-state index in [1.54, 1.807) is 7.11 Å². The van der Waals surface area contributed by atoms with Gasteiger partial charge < -0.3 is 15.4 Å². The maximum Gasteiger partial charge on any atom is 0.191 e. The summed E-state index contributed by atoms with van der Waals surface area (Å²) in [5.41, 5.74) is 7.45. The molecule has 0 spiro atoms. The van der Waals surface area contributed by atoms with Crippen LogP contribution in [0.25, 0.3) is 0 Å². The monoisotopic (exact) mass is 431 g/mol. The lowest BCUT2D eigenvalue weighted by Gasteiger charge is -2.31. The van der Waals surface area contributed by atoms with E-state index >= 15 is 0 Å². The summed E-state index contributed by atoms with van der Waals surface area (Å²) in [6, 6.07) is 8.26. The van der Waals surface area contributed by atoms with Crippen LogP contribution in [0.3, 0.4) is 0 Å². The molecule has 2 rings (SSSR count). The minimum Gasteiger partial charge on any atom is -0.497 e. The van der Waals surface area contributed by atoms with E-state index in [4.69, 9.17) is 10.5 Å². The van der Waals surface area contributed by atoms with Gasteiger partial charge >= 0.3 is 0 Å². The number of benzene rings is 1. The van der Waals surface area contributed by atoms with Crippen molar-refractivity contribution in [3.05, 3.63) is 29.8 Å². The number of halogens is 1. The molecule has 1 saturated heterocycles. The molecule has 0 radical (unpaired) electrons. The second kappa shape index (κ2) is 10.0. The molecule has 1 fully saturated rings. The van der Waals surface area contributed by atoms with Crippen LogP contribution in [-0.4, -0.2) is 37.6 Å². The predicted octanol–water partition coefficient (Wildman–Crippen LogP) is 3.54. The third-order valence-electron chi connectivity index (χ3n) is 4.42. The number of aliphatic imine (C=N–C) groups is 1. The van der Waals surface area contributed by atoms with Crippen LogP contribution in [-0.2, 0) is 6.42 Å². The second-order valence-electron chi connectivity index (χ2n) is 6.53. The summed E-state index contributed by atoms with van der Waals surface area (Å²) in [5.74, 6) is 2.92. The molecule has 1 heterocycles. The molecule has 1 aliphatic heterocycles. The lowest BCUT2D eigenvalue weighted by atomic mass is 9.99. The average molecular weight is 431 g/mol. The van der Waals surface area contributed by atoms with E-state index < -0.39 is 0 Å². The van der Waals surface area contributed by atoms with Crippen molar-refractivity contribution in [3.8, 4) is 5.75 Å².